The van der Waals surface area contributed by atoms with Crippen LogP contribution in [0.15, 0.2) is 23.5 Å². The first-order valence-electron chi connectivity index (χ1n) is 5.82. The molecule has 0 saturated carbocycles. The molecule has 1 aliphatic rings. The van der Waals surface area contributed by atoms with Gasteiger partial charge in [0.1, 0.15) is 0 Å². The molecule has 0 aromatic heterocycles. The van der Waals surface area contributed by atoms with E-state index in [-0.39, 0.29) is 16.6 Å². The molecule has 16 heavy (non-hydrogen) atoms. The van der Waals surface area contributed by atoms with E-state index in [4.69, 9.17) is 0 Å². The van der Waals surface area contributed by atoms with Crippen molar-refractivity contribution in [3.05, 3.63) is 23.5 Å². The van der Waals surface area contributed by atoms with Crippen LogP contribution in [-0.4, -0.2) is 15.8 Å². The summed E-state index contributed by atoms with van der Waals surface area (Å²) in [6.45, 7) is 12.3. The molecule has 0 fully saturated rings. The minimum absolute atomic E-state index is 0.0980. The average molecular weight is 224 g/mol. The van der Waals surface area contributed by atoms with Crippen LogP contribution < -0.4 is 0 Å². The molecular formula is C14H24O2. The first-order chi connectivity index (χ1) is 6.98. The highest BCUT2D eigenvalue weighted by Crippen LogP contribution is 2.48. The zero-order valence-electron chi connectivity index (χ0n) is 11.3. The maximum atomic E-state index is 10.9. The number of aliphatic hydroxyl groups is 2. The van der Waals surface area contributed by atoms with Crippen molar-refractivity contribution in [1.82, 2.24) is 0 Å². The van der Waals surface area contributed by atoms with Crippen molar-refractivity contribution < 1.29 is 10.2 Å². The molecule has 0 aromatic carbocycles. The zero-order valence-corrected chi connectivity index (χ0v) is 11.3. The zero-order chi connectivity index (χ0) is 12.8. The van der Waals surface area contributed by atoms with E-state index in [2.05, 4.69) is 20.8 Å². The third kappa shape index (κ3) is 2.17. The lowest BCUT2D eigenvalue weighted by Gasteiger charge is -2.47. The summed E-state index contributed by atoms with van der Waals surface area (Å²) >= 11 is 0. The van der Waals surface area contributed by atoms with Gasteiger partial charge >= 0.3 is 0 Å². The van der Waals surface area contributed by atoms with E-state index in [0.717, 1.165) is 5.57 Å². The second kappa shape index (κ2) is 3.63. The van der Waals surface area contributed by atoms with Crippen molar-refractivity contribution in [2.24, 2.45) is 10.8 Å². The fraction of sp³-hybridized carbons (Fsp3) is 0.714. The van der Waals surface area contributed by atoms with Crippen LogP contribution in [0.5, 0.6) is 0 Å². The number of aliphatic hydroxyl groups excluding tert-OH is 1. The van der Waals surface area contributed by atoms with Gasteiger partial charge in [0, 0.05) is 6.42 Å². The third-order valence-corrected chi connectivity index (χ3v) is 3.37. The van der Waals surface area contributed by atoms with E-state index in [1.165, 1.54) is 0 Å². The van der Waals surface area contributed by atoms with E-state index in [1.54, 1.807) is 6.08 Å². The molecule has 2 nitrogen and oxygen atoms in total. The Bertz CT molecular complexity index is 337. The van der Waals surface area contributed by atoms with Crippen LogP contribution in [0.2, 0.25) is 0 Å². The van der Waals surface area contributed by atoms with Crippen LogP contribution in [0.25, 0.3) is 0 Å². The third-order valence-electron chi connectivity index (χ3n) is 3.37. The van der Waals surface area contributed by atoms with Gasteiger partial charge in [-0.3, -0.25) is 0 Å². The molecule has 0 aliphatic heterocycles. The van der Waals surface area contributed by atoms with Gasteiger partial charge in [-0.1, -0.05) is 47.6 Å². The highest BCUT2D eigenvalue weighted by molar-refractivity contribution is 5.36. The molecule has 1 atom stereocenters. The van der Waals surface area contributed by atoms with Crippen molar-refractivity contribution >= 4 is 0 Å². The van der Waals surface area contributed by atoms with Gasteiger partial charge < -0.3 is 10.2 Å². The summed E-state index contributed by atoms with van der Waals surface area (Å²) in [5.74, 6) is 0.255. The van der Waals surface area contributed by atoms with Crippen LogP contribution in [-0.2, 0) is 0 Å². The Hall–Kier alpha value is -0.760. The molecule has 0 aromatic rings. The van der Waals surface area contributed by atoms with Crippen LogP contribution in [0.4, 0.5) is 0 Å². The minimum atomic E-state index is -0.968. The fourth-order valence-corrected chi connectivity index (χ4v) is 2.27. The summed E-state index contributed by atoms with van der Waals surface area (Å²) in [7, 11) is 0. The maximum absolute atomic E-state index is 10.9. The molecule has 92 valence electrons. The van der Waals surface area contributed by atoms with E-state index >= 15 is 0 Å². The van der Waals surface area contributed by atoms with Crippen LogP contribution in [0, 0.1) is 10.8 Å². The van der Waals surface area contributed by atoms with Crippen molar-refractivity contribution in [2.45, 2.75) is 53.6 Å². The predicted molar refractivity (Wildman–Crippen MR) is 67.3 cm³/mol. The summed E-state index contributed by atoms with van der Waals surface area (Å²) < 4.78 is 0. The lowest BCUT2D eigenvalue weighted by atomic mass is 9.62. The van der Waals surface area contributed by atoms with Gasteiger partial charge in [-0.05, 0) is 22.5 Å². The molecule has 1 unspecified atom stereocenters. The van der Waals surface area contributed by atoms with Crippen LogP contribution in [0.3, 0.4) is 0 Å². The first kappa shape index (κ1) is 13.3. The standard InChI is InChI=1S/C14H24O2/c1-12(2,3)11-8-7-10(15)9-14(11,16)13(4,5)6/h7-8,15-16H,9H2,1-6H3. The molecular weight excluding hydrogens is 200 g/mol. The molecule has 0 bridgehead atoms. The lowest BCUT2D eigenvalue weighted by Crippen LogP contribution is -2.49. The molecule has 0 saturated heterocycles. The minimum Gasteiger partial charge on any atom is -0.512 e. The Labute approximate surface area is 98.7 Å². The van der Waals surface area contributed by atoms with Gasteiger partial charge in [0.2, 0.25) is 0 Å². The summed E-state index contributed by atoms with van der Waals surface area (Å²) in [6, 6.07) is 0. The highest BCUT2D eigenvalue weighted by Gasteiger charge is 2.48. The Balaban J connectivity index is 3.30. The fourth-order valence-electron chi connectivity index (χ4n) is 2.27. The quantitative estimate of drug-likeness (QED) is 0.660. The normalized spacial score (nSPS) is 27.4. The molecule has 0 amide bonds. The van der Waals surface area contributed by atoms with Gasteiger partial charge in [0.25, 0.3) is 0 Å². The summed E-state index contributed by atoms with van der Waals surface area (Å²) in [6.07, 6.45) is 3.87. The predicted octanol–water partition coefficient (Wildman–Crippen LogP) is 3.58. The van der Waals surface area contributed by atoms with E-state index in [0.29, 0.717) is 6.42 Å². The Morgan fingerprint density at radius 2 is 1.56 bits per heavy atom. The number of rotatable bonds is 0. The molecule has 0 radical (unpaired) electrons. The van der Waals surface area contributed by atoms with Gasteiger partial charge in [-0.2, -0.15) is 0 Å². The largest absolute Gasteiger partial charge is 0.512 e. The second-order valence-corrected chi connectivity index (χ2v) is 6.78. The number of allylic oxidation sites excluding steroid dienone is 2. The lowest BCUT2D eigenvalue weighted by molar-refractivity contribution is -0.0451. The summed E-state index contributed by atoms with van der Waals surface area (Å²) in [5, 5.41) is 20.6. The molecule has 2 N–H and O–H groups in total. The Morgan fingerprint density at radius 1 is 1.06 bits per heavy atom. The highest BCUT2D eigenvalue weighted by atomic mass is 16.3. The molecule has 0 spiro atoms. The summed E-state index contributed by atoms with van der Waals surface area (Å²) in [4.78, 5) is 0. The van der Waals surface area contributed by atoms with Crippen molar-refractivity contribution in [3.8, 4) is 0 Å². The Morgan fingerprint density at radius 3 is 1.94 bits per heavy atom. The summed E-state index contributed by atoms with van der Waals surface area (Å²) in [5.41, 5.74) is -0.372. The van der Waals surface area contributed by atoms with Crippen LogP contribution >= 0.6 is 0 Å². The molecule has 0 heterocycles. The van der Waals surface area contributed by atoms with E-state index in [1.807, 2.05) is 26.8 Å². The number of hydrogen-bond acceptors (Lipinski definition) is 2. The average Bonchev–Trinajstić information content (AvgIpc) is 1.98. The van der Waals surface area contributed by atoms with Gasteiger partial charge in [0.05, 0.1) is 11.4 Å². The number of hydrogen-bond donors (Lipinski definition) is 2. The smallest absolute Gasteiger partial charge is 0.0982 e. The monoisotopic (exact) mass is 224 g/mol. The second-order valence-electron chi connectivity index (χ2n) is 6.78. The van der Waals surface area contributed by atoms with Gasteiger partial charge in [-0.25, -0.2) is 0 Å². The molecule has 1 aliphatic carbocycles. The van der Waals surface area contributed by atoms with E-state index < -0.39 is 5.60 Å². The first-order valence-corrected chi connectivity index (χ1v) is 5.82. The Kier molecular flexibility index (Phi) is 3.01. The van der Waals surface area contributed by atoms with E-state index in [9.17, 15) is 10.2 Å². The molecule has 1 rings (SSSR count). The van der Waals surface area contributed by atoms with Crippen molar-refractivity contribution in [2.75, 3.05) is 0 Å². The topological polar surface area (TPSA) is 40.5 Å². The van der Waals surface area contributed by atoms with Gasteiger partial charge in [-0.15, -0.1) is 0 Å². The van der Waals surface area contributed by atoms with Crippen molar-refractivity contribution in [3.63, 3.8) is 0 Å². The van der Waals surface area contributed by atoms with Crippen LogP contribution in [0.1, 0.15) is 48.0 Å². The van der Waals surface area contributed by atoms with Gasteiger partial charge in [0.15, 0.2) is 0 Å². The molecule has 2 heteroatoms. The van der Waals surface area contributed by atoms with Crippen molar-refractivity contribution in [1.29, 1.82) is 0 Å². The maximum Gasteiger partial charge on any atom is 0.0982 e. The SMILES string of the molecule is CC(C)(C)C1=CC=C(O)CC1(O)C(C)(C)C.